The Balaban J connectivity index is 0.000000530. The fourth-order valence-electron chi connectivity index (χ4n) is 10.3. The smallest absolute Gasteiger partial charge is 0 e. The van der Waals surface area contributed by atoms with Gasteiger partial charge < -0.3 is 0 Å². The van der Waals surface area contributed by atoms with Crippen molar-refractivity contribution in [3.05, 3.63) is 0 Å². The first kappa shape index (κ1) is 33.3. The fourth-order valence-corrected chi connectivity index (χ4v) is 20.0. The molecule has 39 heavy (non-hydrogen) atoms. The van der Waals surface area contributed by atoms with Crippen molar-refractivity contribution in [3.63, 3.8) is 0 Å². The summed E-state index contributed by atoms with van der Waals surface area (Å²) in [6.07, 6.45) is 44.0. The van der Waals surface area contributed by atoms with Crippen LogP contribution < -0.4 is 0 Å². The van der Waals surface area contributed by atoms with Crippen LogP contribution in [-0.4, -0.2) is 34.0 Å². The first-order valence-corrected chi connectivity index (χ1v) is 21.5. The van der Waals surface area contributed by atoms with Gasteiger partial charge in [0.25, 0.3) is 0 Å². The van der Waals surface area contributed by atoms with Gasteiger partial charge in [0.2, 0.25) is 0 Å². The molecule has 6 fully saturated rings. The molecule has 0 heterocycles. The summed E-state index contributed by atoms with van der Waals surface area (Å²) in [4.78, 5) is 0. The van der Waals surface area contributed by atoms with Gasteiger partial charge >= 0.3 is 0 Å². The van der Waals surface area contributed by atoms with Gasteiger partial charge in [0.1, 0.15) is 0 Å². The van der Waals surface area contributed by atoms with Crippen molar-refractivity contribution in [1.29, 1.82) is 0 Å². The van der Waals surface area contributed by atoms with Gasteiger partial charge in [0, 0.05) is 17.1 Å². The van der Waals surface area contributed by atoms with E-state index in [-0.39, 0.29) is 32.9 Å². The largest absolute Gasteiger partial charge is 0.0971 e. The maximum absolute atomic E-state index is 2.85. The summed E-state index contributed by atoms with van der Waals surface area (Å²) in [5.41, 5.74) is 6.93. The predicted molar refractivity (Wildman–Crippen MR) is 175 cm³/mol. The minimum absolute atomic E-state index is 0. The molecule has 0 radical (unpaired) electrons. The van der Waals surface area contributed by atoms with Crippen LogP contribution in [0.25, 0.3) is 0 Å². The third kappa shape index (κ3) is 9.43. The molecule has 0 aliphatic heterocycles. The van der Waals surface area contributed by atoms with Crippen LogP contribution >= 0.6 is 15.8 Å². The molecule has 6 rings (SSSR count). The zero-order chi connectivity index (χ0) is 26.0. The summed E-state index contributed by atoms with van der Waals surface area (Å²) in [5, 5.41) is 0. The van der Waals surface area contributed by atoms with Crippen molar-refractivity contribution in [2.75, 3.05) is 0 Å². The molecule has 0 aromatic rings. The molecule has 3 atom stereocenters. The zero-order valence-corrected chi connectivity index (χ0v) is 29.0. The number of rotatable bonds is 7. The van der Waals surface area contributed by atoms with E-state index in [1.807, 2.05) is 0 Å². The molecule has 0 N–H and O–H groups in total. The molecular formula is C36H66FeP2. The zero-order valence-electron chi connectivity index (χ0n) is 26.1. The Labute approximate surface area is 258 Å². The molecule has 3 heteroatoms. The molecule has 0 spiro atoms. The van der Waals surface area contributed by atoms with Crippen molar-refractivity contribution in [3.8, 4) is 0 Å². The molecule has 6 saturated carbocycles. The third-order valence-electron chi connectivity index (χ3n) is 12.2. The third-order valence-corrected chi connectivity index (χ3v) is 20.4. The molecule has 6 aliphatic carbocycles. The van der Waals surface area contributed by atoms with E-state index in [4.69, 9.17) is 0 Å². The van der Waals surface area contributed by atoms with Crippen LogP contribution in [0.4, 0.5) is 0 Å². The predicted octanol–water partition coefficient (Wildman–Crippen LogP) is 12.8. The molecule has 228 valence electrons. The second-order valence-electron chi connectivity index (χ2n) is 14.7. The van der Waals surface area contributed by atoms with E-state index in [0.29, 0.717) is 0 Å². The standard InChI is InChI=1S/C31H56P2.C5H10.Fe/c1-25(32(26-15-6-2-7-16-26)27-17-8-3-9-18-27)30-23-14-24-31(30)33(28-19-10-4-11-20-28)29-21-12-5-13-22-29;1-2-4-5-3-1;/h25-31H,2-24H2,1H3;1-5H2;. The van der Waals surface area contributed by atoms with E-state index in [1.165, 1.54) is 49.1 Å². The first-order chi connectivity index (χ1) is 18.8. The van der Waals surface area contributed by atoms with Crippen molar-refractivity contribution in [2.45, 2.75) is 221 Å². The number of hydrogen-bond donors (Lipinski definition) is 0. The van der Waals surface area contributed by atoms with E-state index >= 15 is 0 Å². The molecule has 0 aromatic carbocycles. The van der Waals surface area contributed by atoms with Crippen LogP contribution in [0.3, 0.4) is 0 Å². The molecule has 0 aromatic heterocycles. The Kier molecular flexibility index (Phi) is 15.6. The van der Waals surface area contributed by atoms with Crippen molar-refractivity contribution in [2.24, 2.45) is 5.92 Å². The maximum Gasteiger partial charge on any atom is 0 e. The van der Waals surface area contributed by atoms with Gasteiger partial charge in [-0.15, -0.1) is 0 Å². The van der Waals surface area contributed by atoms with Gasteiger partial charge in [0.05, 0.1) is 0 Å². The Morgan fingerprint density at radius 3 is 1.10 bits per heavy atom. The minimum Gasteiger partial charge on any atom is -0.0971 e. The second kappa shape index (κ2) is 18.2. The van der Waals surface area contributed by atoms with Crippen LogP contribution in [0.5, 0.6) is 0 Å². The molecule has 6 aliphatic rings. The second-order valence-corrected chi connectivity index (χ2v) is 20.9. The minimum atomic E-state index is 0. The summed E-state index contributed by atoms with van der Waals surface area (Å²) in [5.74, 6) is 1.13. The van der Waals surface area contributed by atoms with Gasteiger partial charge in [0.15, 0.2) is 0 Å². The van der Waals surface area contributed by atoms with Gasteiger partial charge in [-0.3, -0.25) is 0 Å². The van der Waals surface area contributed by atoms with Crippen molar-refractivity contribution < 1.29 is 17.1 Å². The molecule has 3 unspecified atom stereocenters. The number of hydrogen-bond acceptors (Lipinski definition) is 0. The van der Waals surface area contributed by atoms with E-state index < -0.39 is 0 Å². The normalized spacial score (nSPS) is 31.2. The summed E-state index contributed by atoms with van der Waals surface area (Å²) in [6, 6.07) is 0. The average molecular weight is 617 g/mol. The molecular weight excluding hydrogens is 550 g/mol. The summed E-state index contributed by atoms with van der Waals surface area (Å²) in [7, 11) is 0.536. The molecule has 0 nitrogen and oxygen atoms in total. The van der Waals surface area contributed by atoms with E-state index in [2.05, 4.69) is 6.92 Å². The van der Waals surface area contributed by atoms with Gasteiger partial charge in [-0.1, -0.05) is 138 Å². The van der Waals surface area contributed by atoms with Crippen LogP contribution in [0.1, 0.15) is 187 Å². The summed E-state index contributed by atoms with van der Waals surface area (Å²) < 4.78 is 0. The van der Waals surface area contributed by atoms with E-state index in [0.717, 1.165) is 22.9 Å². The Hall–Kier alpha value is 1.38. The van der Waals surface area contributed by atoms with Gasteiger partial charge in [-0.2, -0.15) is 0 Å². The van der Waals surface area contributed by atoms with Crippen molar-refractivity contribution >= 4 is 15.8 Å². The molecule has 0 bridgehead atoms. The quantitative estimate of drug-likeness (QED) is 0.197. The van der Waals surface area contributed by atoms with Crippen molar-refractivity contribution in [1.82, 2.24) is 0 Å². The Bertz CT molecular complexity index is 582. The van der Waals surface area contributed by atoms with Crippen LogP contribution in [0.2, 0.25) is 0 Å². The van der Waals surface area contributed by atoms with Crippen LogP contribution in [0, 0.1) is 5.92 Å². The van der Waals surface area contributed by atoms with Gasteiger partial charge in [-0.05, 0) is 104 Å². The Morgan fingerprint density at radius 1 is 0.385 bits per heavy atom. The van der Waals surface area contributed by atoms with Gasteiger partial charge in [-0.25, -0.2) is 0 Å². The maximum atomic E-state index is 2.85. The average Bonchev–Trinajstić information content (AvgIpc) is 3.72. The molecule has 0 amide bonds. The fraction of sp³-hybridized carbons (Fsp3) is 1.00. The summed E-state index contributed by atoms with van der Waals surface area (Å²) >= 11 is 0. The van der Waals surface area contributed by atoms with E-state index in [9.17, 15) is 0 Å². The summed E-state index contributed by atoms with van der Waals surface area (Å²) in [6.45, 7) is 2.85. The van der Waals surface area contributed by atoms with Crippen LogP contribution in [-0.2, 0) is 17.1 Å². The van der Waals surface area contributed by atoms with Crippen LogP contribution in [0.15, 0.2) is 0 Å². The monoisotopic (exact) mass is 616 g/mol. The molecule has 0 saturated heterocycles. The Morgan fingerprint density at radius 2 is 0.718 bits per heavy atom. The van der Waals surface area contributed by atoms with E-state index in [1.54, 1.807) is 148 Å². The SMILES string of the molecule is C1CCCC1.CC(C1CCCC1P(C1CCCCC1)C1CCCCC1)P(C1CCCCC1)C1CCCCC1.[Fe]. The topological polar surface area (TPSA) is 0 Å². The first-order valence-electron chi connectivity index (χ1n) is 18.4.